The van der Waals surface area contributed by atoms with Crippen molar-refractivity contribution < 1.29 is 14.3 Å². The topological polar surface area (TPSA) is 58.6 Å². The minimum atomic E-state index is -0.581. The molecule has 0 unspecified atom stereocenters. The lowest BCUT2D eigenvalue weighted by Crippen LogP contribution is -2.35. The van der Waals surface area contributed by atoms with Gasteiger partial charge in [-0.05, 0) is 38.4 Å². The zero-order chi connectivity index (χ0) is 13.5. The Labute approximate surface area is 107 Å². The average Bonchev–Trinajstić information content (AvgIpc) is 2.37. The molecule has 0 aliphatic heterocycles. The first-order chi connectivity index (χ1) is 8.54. The number of methoxy groups -OCH3 is 1. The van der Waals surface area contributed by atoms with E-state index in [0.717, 1.165) is 0 Å². The summed E-state index contributed by atoms with van der Waals surface area (Å²) in [4.78, 5) is 25.3. The van der Waals surface area contributed by atoms with Crippen LogP contribution in [0.1, 0.15) is 10.4 Å². The summed E-state index contributed by atoms with van der Waals surface area (Å²) in [5.41, 5.74) is 0.359. The predicted octanol–water partition coefficient (Wildman–Crippen LogP) is 0.556. The van der Waals surface area contributed by atoms with E-state index in [2.05, 4.69) is 5.32 Å². The molecule has 0 bridgehead atoms. The number of carbonyl (C=O) groups excluding carboxylic acids is 2. The van der Waals surface area contributed by atoms with Crippen LogP contribution in [0.5, 0.6) is 5.75 Å². The number of Topliss-reactive ketones (excluding diaryl/α,β-unsaturated/α-hetero) is 1. The highest BCUT2D eigenvalue weighted by molar-refractivity contribution is 6.42. The van der Waals surface area contributed by atoms with Gasteiger partial charge in [-0.3, -0.25) is 9.59 Å². The van der Waals surface area contributed by atoms with Crippen molar-refractivity contribution in [3.05, 3.63) is 29.8 Å². The Morgan fingerprint density at radius 2 is 1.83 bits per heavy atom. The summed E-state index contributed by atoms with van der Waals surface area (Å²) < 4.78 is 4.98. The number of rotatable bonds is 6. The molecule has 1 aromatic carbocycles. The molecule has 0 atom stereocenters. The summed E-state index contributed by atoms with van der Waals surface area (Å²) >= 11 is 0. The Kier molecular flexibility index (Phi) is 5.32. The largest absolute Gasteiger partial charge is 0.497 e. The van der Waals surface area contributed by atoms with E-state index >= 15 is 0 Å². The lowest BCUT2D eigenvalue weighted by atomic mass is 10.1. The van der Waals surface area contributed by atoms with Crippen molar-refractivity contribution >= 4 is 11.7 Å². The Morgan fingerprint density at radius 3 is 2.33 bits per heavy atom. The van der Waals surface area contributed by atoms with Gasteiger partial charge in [0.25, 0.3) is 5.91 Å². The highest BCUT2D eigenvalue weighted by Crippen LogP contribution is 2.11. The van der Waals surface area contributed by atoms with E-state index in [-0.39, 0.29) is 0 Å². The second-order valence-corrected chi connectivity index (χ2v) is 4.12. The van der Waals surface area contributed by atoms with Crippen molar-refractivity contribution in [3.63, 3.8) is 0 Å². The molecule has 1 rings (SSSR count). The minimum absolute atomic E-state index is 0.359. The monoisotopic (exact) mass is 250 g/mol. The van der Waals surface area contributed by atoms with Crippen LogP contribution in [0.3, 0.4) is 0 Å². The number of carbonyl (C=O) groups is 2. The molecule has 0 fully saturated rings. The Bertz CT molecular complexity index is 413. The van der Waals surface area contributed by atoms with E-state index in [1.54, 1.807) is 31.4 Å². The second-order valence-electron chi connectivity index (χ2n) is 4.12. The quantitative estimate of drug-likeness (QED) is 0.592. The molecule has 0 saturated carbocycles. The molecule has 1 aromatic rings. The summed E-state index contributed by atoms with van der Waals surface area (Å²) in [5.74, 6) is -0.460. The molecule has 0 aromatic heterocycles. The van der Waals surface area contributed by atoms with Crippen LogP contribution >= 0.6 is 0 Å². The summed E-state index contributed by atoms with van der Waals surface area (Å²) in [6, 6.07) is 6.46. The molecule has 5 heteroatoms. The van der Waals surface area contributed by atoms with Gasteiger partial charge in [-0.2, -0.15) is 0 Å². The molecular formula is C13H18N2O3. The van der Waals surface area contributed by atoms with E-state index in [1.807, 2.05) is 19.0 Å². The van der Waals surface area contributed by atoms with Crippen molar-refractivity contribution in [3.8, 4) is 5.75 Å². The highest BCUT2D eigenvalue weighted by Gasteiger charge is 2.15. The zero-order valence-electron chi connectivity index (χ0n) is 10.9. The zero-order valence-corrected chi connectivity index (χ0v) is 10.9. The maximum absolute atomic E-state index is 11.8. The number of ketones is 1. The SMILES string of the molecule is COc1ccc(C(=O)C(=O)NCCN(C)C)cc1. The number of likely N-dealkylation sites (N-methyl/N-ethyl adjacent to an activating group) is 1. The van der Waals surface area contributed by atoms with Crippen LogP contribution in [0.2, 0.25) is 0 Å². The molecule has 0 spiro atoms. The van der Waals surface area contributed by atoms with Crippen molar-refractivity contribution in [2.45, 2.75) is 0 Å². The lowest BCUT2D eigenvalue weighted by molar-refractivity contribution is -0.117. The maximum Gasteiger partial charge on any atom is 0.292 e. The number of nitrogens with one attached hydrogen (secondary N) is 1. The van der Waals surface area contributed by atoms with Gasteiger partial charge < -0.3 is 15.0 Å². The number of hydrogen-bond acceptors (Lipinski definition) is 4. The fourth-order valence-corrected chi connectivity index (χ4v) is 1.35. The molecule has 0 aliphatic rings. The van der Waals surface area contributed by atoms with Gasteiger partial charge in [-0.1, -0.05) is 0 Å². The van der Waals surface area contributed by atoms with Crippen LogP contribution in [0.25, 0.3) is 0 Å². The highest BCUT2D eigenvalue weighted by atomic mass is 16.5. The van der Waals surface area contributed by atoms with Gasteiger partial charge in [-0.25, -0.2) is 0 Å². The predicted molar refractivity (Wildman–Crippen MR) is 68.9 cm³/mol. The number of nitrogens with zero attached hydrogens (tertiary/aromatic N) is 1. The Morgan fingerprint density at radius 1 is 1.22 bits per heavy atom. The molecule has 0 heterocycles. The molecule has 1 amide bonds. The van der Waals surface area contributed by atoms with Crippen molar-refractivity contribution in [1.82, 2.24) is 10.2 Å². The Balaban J connectivity index is 2.54. The summed E-state index contributed by atoms with van der Waals surface area (Å²) in [6.45, 7) is 1.15. The summed E-state index contributed by atoms with van der Waals surface area (Å²) in [5, 5.41) is 2.58. The smallest absolute Gasteiger partial charge is 0.292 e. The molecular weight excluding hydrogens is 232 g/mol. The molecule has 0 aliphatic carbocycles. The van der Waals surface area contributed by atoms with Crippen LogP contribution in [0.4, 0.5) is 0 Å². The van der Waals surface area contributed by atoms with Gasteiger partial charge in [0, 0.05) is 18.7 Å². The Hall–Kier alpha value is -1.88. The fraction of sp³-hybridized carbons (Fsp3) is 0.385. The fourth-order valence-electron chi connectivity index (χ4n) is 1.35. The number of ether oxygens (including phenoxy) is 1. The van der Waals surface area contributed by atoms with Crippen molar-refractivity contribution in [2.24, 2.45) is 0 Å². The minimum Gasteiger partial charge on any atom is -0.497 e. The number of hydrogen-bond donors (Lipinski definition) is 1. The van der Waals surface area contributed by atoms with E-state index in [0.29, 0.717) is 24.4 Å². The number of benzene rings is 1. The average molecular weight is 250 g/mol. The normalized spacial score (nSPS) is 10.2. The van der Waals surface area contributed by atoms with Crippen LogP contribution in [-0.4, -0.2) is 50.9 Å². The third-order valence-electron chi connectivity index (χ3n) is 2.40. The van der Waals surface area contributed by atoms with Gasteiger partial charge in [0.15, 0.2) is 0 Å². The maximum atomic E-state index is 11.8. The first kappa shape index (κ1) is 14.2. The van der Waals surface area contributed by atoms with Crippen LogP contribution < -0.4 is 10.1 Å². The summed E-state index contributed by atoms with van der Waals surface area (Å²) in [6.07, 6.45) is 0. The molecule has 18 heavy (non-hydrogen) atoms. The van der Waals surface area contributed by atoms with E-state index in [1.165, 1.54) is 0 Å². The summed E-state index contributed by atoms with van der Waals surface area (Å²) in [7, 11) is 5.35. The molecule has 98 valence electrons. The first-order valence-electron chi connectivity index (χ1n) is 5.66. The molecule has 0 saturated heterocycles. The third kappa shape index (κ3) is 4.18. The van der Waals surface area contributed by atoms with Gasteiger partial charge in [0.1, 0.15) is 5.75 Å². The first-order valence-corrected chi connectivity index (χ1v) is 5.66. The second kappa shape index (κ2) is 6.76. The molecule has 5 nitrogen and oxygen atoms in total. The lowest BCUT2D eigenvalue weighted by Gasteiger charge is -2.09. The van der Waals surface area contributed by atoms with Crippen LogP contribution in [-0.2, 0) is 4.79 Å². The number of amides is 1. The van der Waals surface area contributed by atoms with E-state index in [4.69, 9.17) is 4.74 Å². The van der Waals surface area contributed by atoms with Crippen LogP contribution in [0.15, 0.2) is 24.3 Å². The van der Waals surface area contributed by atoms with E-state index in [9.17, 15) is 9.59 Å². The van der Waals surface area contributed by atoms with Gasteiger partial charge in [0.2, 0.25) is 5.78 Å². The van der Waals surface area contributed by atoms with Crippen molar-refractivity contribution in [2.75, 3.05) is 34.3 Å². The standard InChI is InChI=1S/C13H18N2O3/c1-15(2)9-8-14-13(17)12(16)10-4-6-11(18-3)7-5-10/h4-7H,8-9H2,1-3H3,(H,14,17). The van der Waals surface area contributed by atoms with Gasteiger partial charge in [0.05, 0.1) is 7.11 Å². The van der Waals surface area contributed by atoms with Gasteiger partial charge in [-0.15, -0.1) is 0 Å². The van der Waals surface area contributed by atoms with Crippen molar-refractivity contribution in [1.29, 1.82) is 0 Å². The van der Waals surface area contributed by atoms with Crippen LogP contribution in [0, 0.1) is 0 Å². The van der Waals surface area contributed by atoms with E-state index < -0.39 is 11.7 Å². The molecule has 1 N–H and O–H groups in total. The molecule has 0 radical (unpaired) electrons. The van der Waals surface area contributed by atoms with Gasteiger partial charge >= 0.3 is 0 Å². The third-order valence-corrected chi connectivity index (χ3v) is 2.40.